The molecule has 0 saturated carbocycles. The lowest BCUT2D eigenvalue weighted by Crippen LogP contribution is -2.52. The standard InChI is InChI=1S/C11H15BrFN3O2S/c1-15-4-6-16(7-5-15)14-19(17,18)11-3-2-9(12)8-10(11)13/h2-3,8,14H,4-7H2,1H3. The third-order valence-electron chi connectivity index (χ3n) is 2.94. The Kier molecular flexibility index (Phi) is 4.57. The van der Waals surface area contributed by atoms with Crippen molar-refractivity contribution in [1.82, 2.24) is 14.7 Å². The fourth-order valence-corrected chi connectivity index (χ4v) is 3.33. The lowest BCUT2D eigenvalue weighted by molar-refractivity contribution is 0.134. The summed E-state index contributed by atoms with van der Waals surface area (Å²) in [6.45, 7) is 2.69. The molecule has 1 aromatic carbocycles. The van der Waals surface area contributed by atoms with Gasteiger partial charge in [-0.1, -0.05) is 15.9 Å². The van der Waals surface area contributed by atoms with Crippen LogP contribution in [0.1, 0.15) is 0 Å². The second-order valence-electron chi connectivity index (χ2n) is 4.46. The van der Waals surface area contributed by atoms with Crippen molar-refractivity contribution in [2.45, 2.75) is 4.90 Å². The van der Waals surface area contributed by atoms with E-state index >= 15 is 0 Å². The van der Waals surface area contributed by atoms with E-state index in [4.69, 9.17) is 0 Å². The van der Waals surface area contributed by atoms with Gasteiger partial charge >= 0.3 is 0 Å². The second kappa shape index (κ2) is 5.84. The summed E-state index contributed by atoms with van der Waals surface area (Å²) in [5.74, 6) is -0.768. The number of sulfonamides is 1. The van der Waals surface area contributed by atoms with Crippen molar-refractivity contribution in [3.8, 4) is 0 Å². The van der Waals surface area contributed by atoms with Crippen LogP contribution >= 0.6 is 15.9 Å². The number of nitrogens with one attached hydrogen (secondary N) is 1. The molecule has 1 aromatic rings. The van der Waals surface area contributed by atoms with Crippen molar-refractivity contribution in [1.29, 1.82) is 0 Å². The van der Waals surface area contributed by atoms with Crippen LogP contribution in [0.4, 0.5) is 4.39 Å². The van der Waals surface area contributed by atoms with E-state index < -0.39 is 15.8 Å². The summed E-state index contributed by atoms with van der Waals surface area (Å²) >= 11 is 3.10. The largest absolute Gasteiger partial charge is 0.304 e. The van der Waals surface area contributed by atoms with E-state index in [1.807, 2.05) is 7.05 Å². The zero-order chi connectivity index (χ0) is 14.0. The normalized spacial score (nSPS) is 18.7. The highest BCUT2D eigenvalue weighted by molar-refractivity contribution is 9.10. The summed E-state index contributed by atoms with van der Waals surface area (Å²) in [4.78, 5) is 4.18. The Morgan fingerprint density at radius 1 is 1.26 bits per heavy atom. The molecule has 8 heteroatoms. The fraction of sp³-hybridized carbons (Fsp3) is 0.455. The van der Waals surface area contributed by atoms with E-state index in [1.54, 1.807) is 5.01 Å². The minimum atomic E-state index is -3.86. The number of halogens is 2. The van der Waals surface area contributed by atoms with Gasteiger partial charge in [0.1, 0.15) is 10.7 Å². The molecule has 0 aliphatic carbocycles. The first kappa shape index (κ1) is 14.9. The van der Waals surface area contributed by atoms with Gasteiger partial charge in [0.15, 0.2) is 0 Å². The average Bonchev–Trinajstić information content (AvgIpc) is 2.31. The second-order valence-corrected chi connectivity index (χ2v) is 7.00. The van der Waals surface area contributed by atoms with Gasteiger partial charge < -0.3 is 4.90 Å². The molecule has 1 fully saturated rings. The maximum Gasteiger partial charge on any atom is 0.256 e. The number of hydrogen-bond donors (Lipinski definition) is 1. The molecule has 0 aromatic heterocycles. The van der Waals surface area contributed by atoms with Crippen LogP contribution in [0.15, 0.2) is 27.6 Å². The van der Waals surface area contributed by atoms with E-state index in [1.165, 1.54) is 12.1 Å². The van der Waals surface area contributed by atoms with Crippen LogP contribution in [-0.4, -0.2) is 51.6 Å². The number of rotatable bonds is 3. The predicted octanol–water partition coefficient (Wildman–Crippen LogP) is 1.03. The summed E-state index contributed by atoms with van der Waals surface area (Å²) in [6.07, 6.45) is 0. The summed E-state index contributed by atoms with van der Waals surface area (Å²) in [7, 11) is -1.89. The molecule has 19 heavy (non-hydrogen) atoms. The summed E-state index contributed by atoms with van der Waals surface area (Å²) in [5, 5.41) is 1.59. The Morgan fingerprint density at radius 2 is 1.89 bits per heavy atom. The highest BCUT2D eigenvalue weighted by Gasteiger charge is 2.24. The molecule has 0 unspecified atom stereocenters. The van der Waals surface area contributed by atoms with Gasteiger partial charge in [0.2, 0.25) is 0 Å². The van der Waals surface area contributed by atoms with Gasteiger partial charge in [-0.2, -0.15) is 0 Å². The monoisotopic (exact) mass is 351 g/mol. The van der Waals surface area contributed by atoms with Crippen LogP contribution in [0.5, 0.6) is 0 Å². The van der Waals surface area contributed by atoms with Gasteiger partial charge in [-0.15, -0.1) is 4.83 Å². The van der Waals surface area contributed by atoms with Crippen LogP contribution in [-0.2, 0) is 10.0 Å². The summed E-state index contributed by atoms with van der Waals surface area (Å²) in [6, 6.07) is 3.89. The highest BCUT2D eigenvalue weighted by Crippen LogP contribution is 2.19. The van der Waals surface area contributed by atoms with Crippen molar-refractivity contribution >= 4 is 26.0 Å². The molecule has 5 nitrogen and oxygen atoms in total. The first-order chi connectivity index (χ1) is 8.88. The maximum atomic E-state index is 13.7. The smallest absolute Gasteiger partial charge is 0.256 e. The quantitative estimate of drug-likeness (QED) is 0.883. The van der Waals surface area contributed by atoms with Crippen LogP contribution in [0.3, 0.4) is 0 Å². The Bertz CT molecular complexity index is 559. The minimum Gasteiger partial charge on any atom is -0.304 e. The molecular weight excluding hydrogens is 337 g/mol. The molecule has 0 atom stereocenters. The van der Waals surface area contributed by atoms with Crippen molar-refractivity contribution in [2.75, 3.05) is 33.2 Å². The number of nitrogens with zero attached hydrogens (tertiary/aromatic N) is 2. The molecule has 1 aliphatic rings. The summed E-state index contributed by atoms with van der Waals surface area (Å²) < 4.78 is 38.4. The first-order valence-corrected chi connectivity index (χ1v) is 8.07. The third kappa shape index (κ3) is 3.73. The topological polar surface area (TPSA) is 52.6 Å². The van der Waals surface area contributed by atoms with Crippen LogP contribution in [0.25, 0.3) is 0 Å². The van der Waals surface area contributed by atoms with E-state index in [2.05, 4.69) is 25.7 Å². The van der Waals surface area contributed by atoms with E-state index in [0.29, 0.717) is 17.6 Å². The van der Waals surface area contributed by atoms with Gasteiger partial charge in [0.05, 0.1) is 0 Å². The minimum absolute atomic E-state index is 0.338. The number of benzene rings is 1. The number of likely N-dealkylation sites (N-methyl/N-ethyl adjacent to an activating group) is 1. The molecule has 106 valence electrons. The zero-order valence-corrected chi connectivity index (χ0v) is 12.8. The lowest BCUT2D eigenvalue weighted by Gasteiger charge is -2.32. The highest BCUT2D eigenvalue weighted by atomic mass is 79.9. The lowest BCUT2D eigenvalue weighted by atomic mass is 10.3. The Hall–Kier alpha value is -0.540. The molecule has 0 amide bonds. The zero-order valence-electron chi connectivity index (χ0n) is 10.4. The number of hydrogen-bond acceptors (Lipinski definition) is 4. The van der Waals surface area contributed by atoms with Crippen molar-refractivity contribution in [3.05, 3.63) is 28.5 Å². The van der Waals surface area contributed by atoms with Gasteiger partial charge in [-0.05, 0) is 25.2 Å². The Labute approximate surface area is 120 Å². The summed E-state index contributed by atoms with van der Waals surface area (Å²) in [5.41, 5.74) is 0. The van der Waals surface area contributed by atoms with E-state index in [0.717, 1.165) is 19.2 Å². The van der Waals surface area contributed by atoms with Crippen molar-refractivity contribution < 1.29 is 12.8 Å². The number of hydrazine groups is 1. The third-order valence-corrected chi connectivity index (χ3v) is 4.84. The molecular formula is C11H15BrFN3O2S. The molecule has 0 spiro atoms. The Morgan fingerprint density at radius 3 is 2.47 bits per heavy atom. The molecule has 1 aliphatic heterocycles. The van der Waals surface area contributed by atoms with E-state index in [-0.39, 0.29) is 4.90 Å². The average molecular weight is 352 g/mol. The van der Waals surface area contributed by atoms with Crippen molar-refractivity contribution in [2.24, 2.45) is 0 Å². The van der Waals surface area contributed by atoms with Gasteiger partial charge in [-0.3, -0.25) is 0 Å². The molecule has 1 N–H and O–H groups in total. The van der Waals surface area contributed by atoms with Crippen molar-refractivity contribution in [3.63, 3.8) is 0 Å². The number of piperazine rings is 1. The molecule has 2 rings (SSSR count). The maximum absolute atomic E-state index is 13.7. The van der Waals surface area contributed by atoms with Gasteiger partial charge in [-0.25, -0.2) is 17.8 Å². The van der Waals surface area contributed by atoms with Gasteiger partial charge in [0.25, 0.3) is 10.0 Å². The predicted molar refractivity (Wildman–Crippen MR) is 73.5 cm³/mol. The van der Waals surface area contributed by atoms with Crippen LogP contribution < -0.4 is 4.83 Å². The molecule has 0 radical (unpaired) electrons. The fourth-order valence-electron chi connectivity index (χ4n) is 1.81. The molecule has 0 bridgehead atoms. The molecule has 1 saturated heterocycles. The first-order valence-electron chi connectivity index (χ1n) is 5.79. The van der Waals surface area contributed by atoms with Crippen LogP contribution in [0, 0.1) is 5.82 Å². The van der Waals surface area contributed by atoms with E-state index in [9.17, 15) is 12.8 Å². The Balaban J connectivity index is 2.14. The van der Waals surface area contributed by atoms with Crippen LogP contribution in [0.2, 0.25) is 0 Å². The SMILES string of the molecule is CN1CCN(NS(=O)(=O)c2ccc(Br)cc2F)CC1. The van der Waals surface area contributed by atoms with Gasteiger partial charge in [0, 0.05) is 30.7 Å². The molecule has 1 heterocycles.